The summed E-state index contributed by atoms with van der Waals surface area (Å²) in [5.41, 5.74) is 1.79. The molecule has 1 amide bonds. The molecule has 0 saturated carbocycles. The van der Waals surface area contributed by atoms with Gasteiger partial charge >= 0.3 is 0 Å². The van der Waals surface area contributed by atoms with Crippen molar-refractivity contribution < 1.29 is 9.32 Å². The van der Waals surface area contributed by atoms with Crippen molar-refractivity contribution in [3.05, 3.63) is 77.9 Å². The van der Waals surface area contributed by atoms with Gasteiger partial charge in [0, 0.05) is 5.69 Å². The average molecular weight is 336 g/mol. The number of para-hydroxylation sites is 1. The highest BCUT2D eigenvalue weighted by atomic mass is 16.5. The Morgan fingerprint density at radius 3 is 2.36 bits per heavy atom. The van der Waals surface area contributed by atoms with Crippen molar-refractivity contribution in [1.29, 1.82) is 0 Å². The predicted octanol–water partition coefficient (Wildman–Crippen LogP) is 2.90. The summed E-state index contributed by atoms with van der Waals surface area (Å²) >= 11 is 0. The summed E-state index contributed by atoms with van der Waals surface area (Å²) in [5, 5.41) is 6.77. The summed E-state index contributed by atoms with van der Waals surface area (Å²) < 4.78 is 5.41. The van der Waals surface area contributed by atoms with E-state index in [-0.39, 0.29) is 18.4 Å². The summed E-state index contributed by atoms with van der Waals surface area (Å²) in [5.74, 6) is 0.657. The summed E-state index contributed by atoms with van der Waals surface area (Å²) in [6.07, 6.45) is 0.0628. The fraction of sp³-hybridized carbons (Fsp3) is 0.211. The van der Waals surface area contributed by atoms with Gasteiger partial charge in [-0.2, -0.15) is 4.98 Å². The van der Waals surface area contributed by atoms with Crippen LogP contribution in [0.5, 0.6) is 0 Å². The second kappa shape index (κ2) is 7.72. The molecule has 25 heavy (non-hydrogen) atoms. The van der Waals surface area contributed by atoms with Crippen LogP contribution in [0.3, 0.4) is 0 Å². The first-order valence-corrected chi connectivity index (χ1v) is 8.02. The zero-order chi connectivity index (χ0) is 17.6. The smallest absolute Gasteiger partial charge is 0.248 e. The standard InChI is InChI=1S/C19H20N4O2/c1-23(2)18(14-9-5-3-6-10-14)19-21-16(22-25-19)13-17(24)20-15-11-7-4-8-12-15/h3-12,18H,13H2,1-2H3,(H,20,24)/t18-/m0/s1. The van der Waals surface area contributed by atoms with Crippen LogP contribution in [0.2, 0.25) is 0 Å². The number of nitrogens with zero attached hydrogens (tertiary/aromatic N) is 3. The number of aromatic nitrogens is 2. The van der Waals surface area contributed by atoms with E-state index in [4.69, 9.17) is 4.52 Å². The highest BCUT2D eigenvalue weighted by Gasteiger charge is 2.23. The quantitative estimate of drug-likeness (QED) is 0.749. The van der Waals surface area contributed by atoms with Crippen molar-refractivity contribution >= 4 is 11.6 Å². The molecule has 3 rings (SSSR count). The fourth-order valence-corrected chi connectivity index (χ4v) is 2.62. The molecule has 0 aliphatic carbocycles. The van der Waals surface area contributed by atoms with Gasteiger partial charge in [0.15, 0.2) is 5.82 Å². The van der Waals surface area contributed by atoms with Crippen molar-refractivity contribution in [3.8, 4) is 0 Å². The largest absolute Gasteiger partial charge is 0.337 e. The molecule has 0 aliphatic rings. The van der Waals surface area contributed by atoms with Crippen LogP contribution >= 0.6 is 0 Å². The summed E-state index contributed by atoms with van der Waals surface area (Å²) in [6.45, 7) is 0. The number of carbonyl (C=O) groups excluding carboxylic acids is 1. The van der Waals surface area contributed by atoms with Gasteiger partial charge in [-0.15, -0.1) is 0 Å². The number of hydrogen-bond acceptors (Lipinski definition) is 5. The van der Waals surface area contributed by atoms with E-state index in [2.05, 4.69) is 15.5 Å². The fourth-order valence-electron chi connectivity index (χ4n) is 2.62. The number of nitrogens with one attached hydrogen (secondary N) is 1. The second-order valence-electron chi connectivity index (χ2n) is 5.92. The van der Waals surface area contributed by atoms with E-state index < -0.39 is 0 Å². The van der Waals surface area contributed by atoms with Crippen molar-refractivity contribution in [2.24, 2.45) is 0 Å². The van der Waals surface area contributed by atoms with Gasteiger partial charge in [0.05, 0.1) is 6.42 Å². The molecule has 0 bridgehead atoms. The number of carbonyl (C=O) groups is 1. The molecule has 0 radical (unpaired) electrons. The third-order valence-electron chi connectivity index (χ3n) is 3.73. The predicted molar refractivity (Wildman–Crippen MR) is 95.0 cm³/mol. The van der Waals surface area contributed by atoms with E-state index in [0.717, 1.165) is 11.3 Å². The van der Waals surface area contributed by atoms with Gasteiger partial charge in [-0.3, -0.25) is 9.69 Å². The van der Waals surface area contributed by atoms with Crippen LogP contribution in [0.25, 0.3) is 0 Å². The van der Waals surface area contributed by atoms with Crippen LogP contribution in [0.1, 0.15) is 23.3 Å². The Morgan fingerprint density at radius 2 is 1.72 bits per heavy atom. The van der Waals surface area contributed by atoms with Gasteiger partial charge in [-0.05, 0) is 31.8 Å². The molecule has 1 aromatic heterocycles. The minimum absolute atomic E-state index is 0.0628. The van der Waals surface area contributed by atoms with Crippen LogP contribution in [0.4, 0.5) is 5.69 Å². The Morgan fingerprint density at radius 1 is 1.08 bits per heavy atom. The van der Waals surface area contributed by atoms with Crippen LogP contribution in [0, 0.1) is 0 Å². The molecule has 6 nitrogen and oxygen atoms in total. The number of amides is 1. The highest BCUT2D eigenvalue weighted by Crippen LogP contribution is 2.25. The van der Waals surface area contributed by atoms with Crippen LogP contribution in [-0.4, -0.2) is 35.0 Å². The monoisotopic (exact) mass is 336 g/mol. The Kier molecular flexibility index (Phi) is 5.20. The van der Waals surface area contributed by atoms with E-state index in [9.17, 15) is 4.79 Å². The molecular formula is C19H20N4O2. The molecule has 128 valence electrons. The number of hydrogen-bond donors (Lipinski definition) is 1. The van der Waals surface area contributed by atoms with Gasteiger partial charge in [0.1, 0.15) is 6.04 Å². The molecule has 0 fully saturated rings. The van der Waals surface area contributed by atoms with E-state index in [1.807, 2.05) is 79.7 Å². The Balaban J connectivity index is 1.72. The molecule has 2 aromatic carbocycles. The molecule has 0 saturated heterocycles. The normalized spacial score (nSPS) is 12.1. The molecule has 1 heterocycles. The summed E-state index contributed by atoms with van der Waals surface area (Å²) in [4.78, 5) is 18.5. The van der Waals surface area contributed by atoms with Crippen LogP contribution in [-0.2, 0) is 11.2 Å². The summed E-state index contributed by atoms with van der Waals surface area (Å²) in [6, 6.07) is 19.1. The molecule has 6 heteroatoms. The molecule has 0 unspecified atom stereocenters. The van der Waals surface area contributed by atoms with Crippen molar-refractivity contribution in [3.63, 3.8) is 0 Å². The van der Waals surface area contributed by atoms with E-state index >= 15 is 0 Å². The minimum Gasteiger partial charge on any atom is -0.337 e. The SMILES string of the molecule is CN(C)[C@@H](c1ccccc1)c1nc(CC(=O)Nc2ccccc2)no1. The first-order chi connectivity index (χ1) is 12.1. The Hall–Kier alpha value is -2.99. The second-order valence-corrected chi connectivity index (χ2v) is 5.92. The average Bonchev–Trinajstić information content (AvgIpc) is 3.04. The third kappa shape index (κ3) is 4.30. The lowest BCUT2D eigenvalue weighted by atomic mass is 10.1. The maximum Gasteiger partial charge on any atom is 0.248 e. The molecule has 0 aliphatic heterocycles. The van der Waals surface area contributed by atoms with Gasteiger partial charge < -0.3 is 9.84 Å². The van der Waals surface area contributed by atoms with Gasteiger partial charge in [-0.25, -0.2) is 0 Å². The highest BCUT2D eigenvalue weighted by molar-refractivity contribution is 5.91. The first kappa shape index (κ1) is 16.9. The maximum absolute atomic E-state index is 12.1. The third-order valence-corrected chi connectivity index (χ3v) is 3.73. The maximum atomic E-state index is 12.1. The van der Waals surface area contributed by atoms with Gasteiger partial charge in [-0.1, -0.05) is 53.7 Å². The molecule has 3 aromatic rings. The topological polar surface area (TPSA) is 71.3 Å². The zero-order valence-corrected chi connectivity index (χ0v) is 14.2. The molecular weight excluding hydrogens is 316 g/mol. The number of anilines is 1. The lowest BCUT2D eigenvalue weighted by molar-refractivity contribution is -0.115. The van der Waals surface area contributed by atoms with Crippen molar-refractivity contribution in [2.45, 2.75) is 12.5 Å². The van der Waals surface area contributed by atoms with Gasteiger partial charge in [0.25, 0.3) is 0 Å². The first-order valence-electron chi connectivity index (χ1n) is 8.02. The zero-order valence-electron chi connectivity index (χ0n) is 14.2. The van der Waals surface area contributed by atoms with Crippen LogP contribution in [0.15, 0.2) is 65.2 Å². The van der Waals surface area contributed by atoms with E-state index in [0.29, 0.717) is 11.7 Å². The van der Waals surface area contributed by atoms with Gasteiger partial charge in [0.2, 0.25) is 11.8 Å². The Labute approximate surface area is 146 Å². The number of benzene rings is 2. The number of rotatable bonds is 6. The van der Waals surface area contributed by atoms with Crippen LogP contribution < -0.4 is 5.32 Å². The van der Waals surface area contributed by atoms with Crippen molar-refractivity contribution in [2.75, 3.05) is 19.4 Å². The van der Waals surface area contributed by atoms with E-state index in [1.54, 1.807) is 0 Å². The minimum atomic E-state index is -0.181. The lowest BCUT2D eigenvalue weighted by Crippen LogP contribution is -2.21. The molecule has 1 N–H and O–H groups in total. The molecule has 0 spiro atoms. The Bertz CT molecular complexity index is 816. The molecule has 1 atom stereocenters. The summed E-state index contributed by atoms with van der Waals surface area (Å²) in [7, 11) is 3.90. The lowest BCUT2D eigenvalue weighted by Gasteiger charge is -2.20. The van der Waals surface area contributed by atoms with E-state index in [1.165, 1.54) is 0 Å². The van der Waals surface area contributed by atoms with Crippen molar-refractivity contribution in [1.82, 2.24) is 15.0 Å².